The van der Waals surface area contributed by atoms with E-state index >= 15 is 0 Å². The molecule has 2 N–H and O–H groups in total. The fourth-order valence-electron chi connectivity index (χ4n) is 3.71. The van der Waals surface area contributed by atoms with Gasteiger partial charge in [-0.05, 0) is 54.5 Å². The maximum absolute atomic E-state index is 13.2. The molecule has 7 nitrogen and oxygen atoms in total. The third-order valence-corrected chi connectivity index (χ3v) is 6.41. The molecule has 0 bridgehead atoms. The number of benzene rings is 2. The van der Waals surface area contributed by atoms with E-state index in [0.29, 0.717) is 14.9 Å². The molecule has 0 saturated carbocycles. The van der Waals surface area contributed by atoms with Crippen LogP contribution in [0, 0.1) is 0 Å². The summed E-state index contributed by atoms with van der Waals surface area (Å²) in [4.78, 5) is 26.1. The highest BCUT2D eigenvalue weighted by atomic mass is 32.1. The van der Waals surface area contributed by atoms with Crippen molar-refractivity contribution >= 4 is 35.3 Å². The lowest BCUT2D eigenvalue weighted by molar-refractivity contribution is -0.138. The Labute approximate surface area is 194 Å². The number of thiazole rings is 1. The van der Waals surface area contributed by atoms with Crippen molar-refractivity contribution in [1.29, 1.82) is 0 Å². The number of aromatic nitrogens is 1. The molecule has 3 aromatic rings. The molecule has 1 aliphatic heterocycles. The highest BCUT2D eigenvalue weighted by molar-refractivity contribution is 7.07. The summed E-state index contributed by atoms with van der Waals surface area (Å²) in [6.07, 6.45) is 3.67. The summed E-state index contributed by atoms with van der Waals surface area (Å²) in [5, 5.41) is 0. The van der Waals surface area contributed by atoms with Gasteiger partial charge in [0, 0.05) is 5.92 Å². The fourth-order valence-corrected chi connectivity index (χ4v) is 4.79. The lowest BCUT2D eigenvalue weighted by atomic mass is 9.89. The molecule has 170 valence electrons. The van der Waals surface area contributed by atoms with Gasteiger partial charge in [-0.2, -0.15) is 0 Å². The van der Waals surface area contributed by atoms with Gasteiger partial charge in [0.2, 0.25) is 0 Å². The Kier molecular flexibility index (Phi) is 6.37. The molecule has 1 unspecified atom stereocenters. The Hall–Kier alpha value is -3.78. The van der Waals surface area contributed by atoms with Crippen molar-refractivity contribution in [1.82, 2.24) is 4.57 Å². The van der Waals surface area contributed by atoms with Crippen molar-refractivity contribution < 1.29 is 19.0 Å². The first-order valence-electron chi connectivity index (χ1n) is 10.4. The van der Waals surface area contributed by atoms with Crippen LogP contribution in [0.1, 0.15) is 24.0 Å². The van der Waals surface area contributed by atoms with Gasteiger partial charge in [0.15, 0.2) is 0 Å². The minimum Gasteiger partial charge on any atom is -0.497 e. The highest BCUT2D eigenvalue weighted by Gasteiger charge is 2.31. The highest BCUT2D eigenvalue weighted by Crippen LogP contribution is 2.32. The lowest BCUT2D eigenvalue weighted by Crippen LogP contribution is -2.38. The smallest absolute Gasteiger partial charge is 0.338 e. The maximum Gasteiger partial charge on any atom is 0.338 e. The summed E-state index contributed by atoms with van der Waals surface area (Å²) in [7, 11) is 3.19. The summed E-state index contributed by atoms with van der Waals surface area (Å²) >= 11 is 1.32. The number of carbonyl (C=O) groups is 1. The van der Waals surface area contributed by atoms with Gasteiger partial charge in [0.1, 0.15) is 22.0 Å². The van der Waals surface area contributed by atoms with Gasteiger partial charge in [0.05, 0.1) is 30.9 Å². The van der Waals surface area contributed by atoms with E-state index in [4.69, 9.17) is 19.9 Å². The number of ether oxygens (including phenoxy) is 3. The summed E-state index contributed by atoms with van der Waals surface area (Å²) in [5.41, 5.74) is 8.08. The number of hydrogen-bond donors (Lipinski definition) is 1. The molecule has 8 heteroatoms. The van der Waals surface area contributed by atoms with Gasteiger partial charge in [0.25, 0.3) is 5.56 Å². The summed E-state index contributed by atoms with van der Waals surface area (Å²) in [6.45, 7) is 1.93. The van der Waals surface area contributed by atoms with E-state index in [2.05, 4.69) is 0 Å². The molecule has 1 atom stereocenters. The number of nitrogens with zero attached hydrogens (tertiary/aromatic N) is 1. The van der Waals surface area contributed by atoms with Gasteiger partial charge in [-0.15, -0.1) is 11.3 Å². The molecule has 0 spiro atoms. The van der Waals surface area contributed by atoms with Gasteiger partial charge >= 0.3 is 5.97 Å². The number of carbonyl (C=O) groups excluding carboxylic acids is 1. The van der Waals surface area contributed by atoms with Gasteiger partial charge in [-0.3, -0.25) is 9.36 Å². The number of methoxy groups -OCH3 is 2. The molecule has 2 aromatic carbocycles. The molecule has 0 amide bonds. The first-order valence-corrected chi connectivity index (χ1v) is 11.2. The largest absolute Gasteiger partial charge is 0.497 e. The van der Waals surface area contributed by atoms with Crippen LogP contribution >= 0.6 is 11.3 Å². The first-order chi connectivity index (χ1) is 16.0. The minimum absolute atomic E-state index is 0.0856. The number of hydrogen-bond acceptors (Lipinski definition) is 7. The van der Waals surface area contributed by atoms with Crippen molar-refractivity contribution in [2.45, 2.75) is 12.8 Å². The fraction of sp³-hybridized carbons (Fsp3) is 0.200. The SMILES string of the molecule is CCOC(=O)C1=C(N)n2c(sc(=Cc3ccc(OC)cc3)c2=O)=CC1c1ccc(OC)cc1. The van der Waals surface area contributed by atoms with Gasteiger partial charge < -0.3 is 19.9 Å². The standard InChI is InChI=1S/C25H24N2O5S/c1-4-32-25(29)22-19(16-7-11-18(31-3)12-8-16)14-21-27(23(22)26)24(28)20(33-21)13-15-5-9-17(30-2)10-6-15/h5-14,19H,4,26H2,1-3H3. The Morgan fingerprint density at radius 1 is 1.06 bits per heavy atom. The van der Waals surface area contributed by atoms with Crippen LogP contribution in [0.5, 0.6) is 11.5 Å². The molecule has 0 aliphatic carbocycles. The van der Waals surface area contributed by atoms with Gasteiger partial charge in [-0.25, -0.2) is 4.79 Å². The second kappa shape index (κ2) is 9.38. The summed E-state index contributed by atoms with van der Waals surface area (Å²) in [6, 6.07) is 14.8. The van der Waals surface area contributed by atoms with Crippen LogP contribution in [0.25, 0.3) is 18.0 Å². The Bertz CT molecular complexity index is 1380. The van der Waals surface area contributed by atoms with Crippen molar-refractivity contribution in [2.75, 3.05) is 20.8 Å². The third kappa shape index (κ3) is 4.29. The summed E-state index contributed by atoms with van der Waals surface area (Å²) in [5.74, 6) is 0.519. The maximum atomic E-state index is 13.2. The van der Waals surface area contributed by atoms with E-state index < -0.39 is 11.9 Å². The van der Waals surface area contributed by atoms with Crippen LogP contribution in [-0.4, -0.2) is 31.4 Å². The average molecular weight is 465 g/mol. The van der Waals surface area contributed by atoms with Crippen LogP contribution in [0.15, 0.2) is 58.9 Å². The monoisotopic (exact) mass is 464 g/mol. The average Bonchev–Trinajstić information content (AvgIpc) is 3.14. The second-order valence-electron chi connectivity index (χ2n) is 7.30. The van der Waals surface area contributed by atoms with E-state index in [1.54, 1.807) is 27.2 Å². The number of esters is 1. The van der Waals surface area contributed by atoms with Crippen LogP contribution in [0.2, 0.25) is 0 Å². The molecule has 4 rings (SSSR count). The quantitative estimate of drug-likeness (QED) is 0.561. The number of rotatable bonds is 6. The third-order valence-electron chi connectivity index (χ3n) is 5.37. The van der Waals surface area contributed by atoms with Crippen molar-refractivity contribution in [3.8, 4) is 11.5 Å². The van der Waals surface area contributed by atoms with Crippen molar-refractivity contribution in [3.05, 3.63) is 84.8 Å². The molecule has 1 aromatic heterocycles. The predicted octanol–water partition coefficient (Wildman–Crippen LogP) is 2.02. The normalized spacial score (nSPS) is 15.6. The molecule has 33 heavy (non-hydrogen) atoms. The van der Waals surface area contributed by atoms with E-state index in [1.165, 1.54) is 15.9 Å². The van der Waals surface area contributed by atoms with E-state index in [9.17, 15) is 9.59 Å². The van der Waals surface area contributed by atoms with Crippen molar-refractivity contribution in [2.24, 2.45) is 5.73 Å². The van der Waals surface area contributed by atoms with Crippen LogP contribution in [-0.2, 0) is 9.53 Å². The molecular weight excluding hydrogens is 440 g/mol. The Morgan fingerprint density at radius 2 is 1.67 bits per heavy atom. The van der Waals surface area contributed by atoms with E-state index in [1.807, 2.05) is 54.6 Å². The first kappa shape index (κ1) is 22.4. The Morgan fingerprint density at radius 3 is 2.24 bits per heavy atom. The zero-order chi connectivity index (χ0) is 23.5. The van der Waals surface area contributed by atoms with Crippen LogP contribution in [0.4, 0.5) is 0 Å². The molecule has 1 aliphatic rings. The number of nitrogens with two attached hydrogens (primary N) is 1. The second-order valence-corrected chi connectivity index (χ2v) is 8.36. The van der Waals surface area contributed by atoms with E-state index in [0.717, 1.165) is 16.9 Å². The lowest BCUT2D eigenvalue weighted by Gasteiger charge is -2.22. The molecule has 0 radical (unpaired) electrons. The molecule has 0 fully saturated rings. The zero-order valence-corrected chi connectivity index (χ0v) is 19.3. The van der Waals surface area contributed by atoms with Crippen molar-refractivity contribution in [3.63, 3.8) is 0 Å². The van der Waals surface area contributed by atoms with Gasteiger partial charge in [-0.1, -0.05) is 24.3 Å². The molecule has 0 saturated heterocycles. The molecule has 2 heterocycles. The van der Waals surface area contributed by atoms with Crippen LogP contribution < -0.4 is 30.0 Å². The minimum atomic E-state index is -0.545. The van der Waals surface area contributed by atoms with Crippen LogP contribution in [0.3, 0.4) is 0 Å². The molecular formula is C25H24N2O5S. The summed E-state index contributed by atoms with van der Waals surface area (Å²) < 4.78 is 18.3. The number of fused-ring (bicyclic) bond motifs is 1. The zero-order valence-electron chi connectivity index (χ0n) is 18.5. The van der Waals surface area contributed by atoms with E-state index in [-0.39, 0.29) is 23.6 Å². The topological polar surface area (TPSA) is 92.8 Å². The predicted molar refractivity (Wildman–Crippen MR) is 129 cm³/mol. The Balaban J connectivity index is 1.89.